The number of rotatable bonds is 3. The molecule has 1 aromatic rings. The van der Waals surface area contributed by atoms with Gasteiger partial charge in [-0.3, -0.25) is 4.79 Å². The predicted octanol–water partition coefficient (Wildman–Crippen LogP) is 1.04. The normalized spacial score (nSPS) is 12.4. The second kappa shape index (κ2) is 4.06. The van der Waals surface area contributed by atoms with E-state index in [9.17, 15) is 14.3 Å². The summed E-state index contributed by atoms with van der Waals surface area (Å²) < 4.78 is 13.0. The molecule has 14 heavy (non-hydrogen) atoms. The summed E-state index contributed by atoms with van der Waals surface area (Å²) in [5.41, 5.74) is -0.134. The third-order valence-electron chi connectivity index (χ3n) is 1.71. The standard InChI is InChI=1S/C9H9FO4/c10-7-3-5(11)1-2-6(7)8(12)4-9(13)14/h1-3,8,11-12H,4H2,(H,13,14)/t8-/m1/s1. The molecule has 0 unspecified atom stereocenters. The van der Waals surface area contributed by atoms with Crippen LogP contribution in [0.4, 0.5) is 4.39 Å². The van der Waals surface area contributed by atoms with Crippen molar-refractivity contribution in [3.8, 4) is 5.75 Å². The molecule has 1 rings (SSSR count). The Labute approximate surface area is 79.2 Å². The zero-order valence-electron chi connectivity index (χ0n) is 7.14. The number of phenolic OH excluding ortho intramolecular Hbond substituents is 1. The molecule has 4 nitrogen and oxygen atoms in total. The fourth-order valence-corrected chi connectivity index (χ4v) is 1.06. The fourth-order valence-electron chi connectivity index (χ4n) is 1.06. The Morgan fingerprint density at radius 1 is 1.50 bits per heavy atom. The first kappa shape index (κ1) is 10.5. The van der Waals surface area contributed by atoms with E-state index >= 15 is 0 Å². The molecule has 0 saturated carbocycles. The van der Waals surface area contributed by atoms with Crippen molar-refractivity contribution in [2.24, 2.45) is 0 Å². The summed E-state index contributed by atoms with van der Waals surface area (Å²) in [6.07, 6.45) is -1.96. The largest absolute Gasteiger partial charge is 0.508 e. The third-order valence-corrected chi connectivity index (χ3v) is 1.71. The molecule has 0 bridgehead atoms. The highest BCUT2D eigenvalue weighted by molar-refractivity contribution is 5.67. The Morgan fingerprint density at radius 2 is 2.14 bits per heavy atom. The van der Waals surface area contributed by atoms with Crippen molar-refractivity contribution in [2.45, 2.75) is 12.5 Å². The predicted molar refractivity (Wildman–Crippen MR) is 45.3 cm³/mol. The van der Waals surface area contributed by atoms with Crippen molar-refractivity contribution in [1.29, 1.82) is 0 Å². The molecule has 0 radical (unpaired) electrons. The van der Waals surface area contributed by atoms with E-state index in [1.54, 1.807) is 0 Å². The first-order valence-electron chi connectivity index (χ1n) is 3.89. The third kappa shape index (κ3) is 2.43. The first-order valence-corrected chi connectivity index (χ1v) is 3.89. The SMILES string of the molecule is O=C(O)C[C@@H](O)c1ccc(O)cc1F. The van der Waals surface area contributed by atoms with Crippen LogP contribution in [0.1, 0.15) is 18.1 Å². The summed E-state index contributed by atoms with van der Waals surface area (Å²) in [4.78, 5) is 10.2. The number of aliphatic hydroxyl groups is 1. The highest BCUT2D eigenvalue weighted by atomic mass is 19.1. The Morgan fingerprint density at radius 3 is 2.64 bits per heavy atom. The van der Waals surface area contributed by atoms with Gasteiger partial charge in [0.1, 0.15) is 11.6 Å². The zero-order chi connectivity index (χ0) is 10.7. The van der Waals surface area contributed by atoms with Crippen LogP contribution in [0.2, 0.25) is 0 Å². The van der Waals surface area contributed by atoms with E-state index in [-0.39, 0.29) is 11.3 Å². The Kier molecular flexibility index (Phi) is 3.03. The zero-order valence-corrected chi connectivity index (χ0v) is 7.14. The number of carbonyl (C=O) groups is 1. The topological polar surface area (TPSA) is 77.8 Å². The monoisotopic (exact) mass is 200 g/mol. The van der Waals surface area contributed by atoms with Crippen molar-refractivity contribution in [2.75, 3.05) is 0 Å². The molecule has 0 spiro atoms. The molecular weight excluding hydrogens is 191 g/mol. The quantitative estimate of drug-likeness (QED) is 0.681. The molecule has 0 amide bonds. The lowest BCUT2D eigenvalue weighted by molar-refractivity contribution is -0.139. The Hall–Kier alpha value is -1.62. The molecule has 0 heterocycles. The van der Waals surface area contributed by atoms with Gasteiger partial charge in [0.15, 0.2) is 0 Å². The molecule has 1 aromatic carbocycles. The number of carboxylic acid groups (broad SMARTS) is 1. The summed E-state index contributed by atoms with van der Waals surface area (Å²) in [5, 5.41) is 26.5. The number of carboxylic acids is 1. The maximum atomic E-state index is 13.0. The number of aromatic hydroxyl groups is 1. The second-order valence-corrected chi connectivity index (χ2v) is 2.82. The number of aliphatic hydroxyl groups excluding tert-OH is 1. The average Bonchev–Trinajstić information content (AvgIpc) is 2.01. The van der Waals surface area contributed by atoms with Crippen LogP contribution < -0.4 is 0 Å². The summed E-state index contributed by atoms with van der Waals surface area (Å²) in [6, 6.07) is 3.15. The molecule has 0 aliphatic heterocycles. The van der Waals surface area contributed by atoms with Gasteiger partial charge in [0.05, 0.1) is 12.5 Å². The summed E-state index contributed by atoms with van der Waals surface area (Å²) in [5.74, 6) is -2.31. The van der Waals surface area contributed by atoms with Gasteiger partial charge >= 0.3 is 5.97 Å². The highest BCUT2D eigenvalue weighted by Gasteiger charge is 2.16. The van der Waals surface area contributed by atoms with Gasteiger partial charge in [-0.15, -0.1) is 0 Å². The summed E-state index contributed by atoms with van der Waals surface area (Å²) in [7, 11) is 0. The van der Waals surface area contributed by atoms with Crippen LogP contribution in [0.15, 0.2) is 18.2 Å². The molecule has 0 aliphatic carbocycles. The molecule has 0 saturated heterocycles. The fraction of sp³-hybridized carbons (Fsp3) is 0.222. The van der Waals surface area contributed by atoms with Crippen LogP contribution in [0.5, 0.6) is 5.75 Å². The highest BCUT2D eigenvalue weighted by Crippen LogP contribution is 2.23. The van der Waals surface area contributed by atoms with Gasteiger partial charge in [-0.25, -0.2) is 4.39 Å². The lowest BCUT2D eigenvalue weighted by Crippen LogP contribution is -2.07. The van der Waals surface area contributed by atoms with Gasteiger partial charge in [0.25, 0.3) is 0 Å². The maximum Gasteiger partial charge on any atom is 0.306 e. The molecule has 1 atom stereocenters. The first-order chi connectivity index (χ1) is 6.50. The van der Waals surface area contributed by atoms with E-state index in [2.05, 4.69) is 0 Å². The van der Waals surface area contributed by atoms with Crippen molar-refractivity contribution in [3.63, 3.8) is 0 Å². The Bertz CT molecular complexity index is 351. The maximum absolute atomic E-state index is 13.0. The van der Waals surface area contributed by atoms with E-state index in [1.165, 1.54) is 6.07 Å². The van der Waals surface area contributed by atoms with E-state index in [0.29, 0.717) is 0 Å². The van der Waals surface area contributed by atoms with Gasteiger partial charge < -0.3 is 15.3 Å². The van der Waals surface area contributed by atoms with E-state index in [0.717, 1.165) is 12.1 Å². The van der Waals surface area contributed by atoms with Crippen LogP contribution in [-0.2, 0) is 4.79 Å². The lowest BCUT2D eigenvalue weighted by atomic mass is 10.1. The molecule has 76 valence electrons. The van der Waals surface area contributed by atoms with Gasteiger partial charge in [-0.05, 0) is 12.1 Å². The minimum absolute atomic E-state index is 0.134. The van der Waals surface area contributed by atoms with Crippen molar-refractivity contribution in [1.82, 2.24) is 0 Å². The number of aliphatic carboxylic acids is 1. The average molecular weight is 200 g/mol. The minimum Gasteiger partial charge on any atom is -0.508 e. The van der Waals surface area contributed by atoms with Crippen molar-refractivity contribution in [3.05, 3.63) is 29.6 Å². The molecule has 5 heteroatoms. The number of hydrogen-bond donors (Lipinski definition) is 3. The molecular formula is C9H9FO4. The smallest absolute Gasteiger partial charge is 0.306 e. The van der Waals surface area contributed by atoms with Crippen molar-refractivity contribution >= 4 is 5.97 Å². The van der Waals surface area contributed by atoms with Crippen LogP contribution in [-0.4, -0.2) is 21.3 Å². The number of hydrogen-bond acceptors (Lipinski definition) is 3. The van der Waals surface area contributed by atoms with E-state index in [4.69, 9.17) is 10.2 Å². The van der Waals surface area contributed by atoms with Gasteiger partial charge in [-0.2, -0.15) is 0 Å². The van der Waals surface area contributed by atoms with Gasteiger partial charge in [0, 0.05) is 11.6 Å². The number of halogens is 1. The van der Waals surface area contributed by atoms with E-state index in [1.807, 2.05) is 0 Å². The van der Waals surface area contributed by atoms with Crippen molar-refractivity contribution < 1.29 is 24.5 Å². The molecule has 3 N–H and O–H groups in total. The van der Waals surface area contributed by atoms with Crippen LogP contribution >= 0.6 is 0 Å². The van der Waals surface area contributed by atoms with Crippen LogP contribution in [0.3, 0.4) is 0 Å². The number of phenols is 1. The second-order valence-electron chi connectivity index (χ2n) is 2.82. The molecule has 0 fully saturated rings. The minimum atomic E-state index is -1.40. The summed E-state index contributed by atoms with van der Waals surface area (Å²) in [6.45, 7) is 0. The van der Waals surface area contributed by atoms with Crippen LogP contribution in [0, 0.1) is 5.82 Å². The van der Waals surface area contributed by atoms with Gasteiger partial charge in [-0.1, -0.05) is 0 Å². The molecule has 0 aliphatic rings. The lowest BCUT2D eigenvalue weighted by Gasteiger charge is -2.09. The Balaban J connectivity index is 2.90. The van der Waals surface area contributed by atoms with Gasteiger partial charge in [0.2, 0.25) is 0 Å². The summed E-state index contributed by atoms with van der Waals surface area (Å²) >= 11 is 0. The van der Waals surface area contributed by atoms with E-state index < -0.39 is 24.3 Å². The van der Waals surface area contributed by atoms with Crippen LogP contribution in [0.25, 0.3) is 0 Å². The molecule has 0 aromatic heterocycles. The number of benzene rings is 1.